The first-order valence-electron chi connectivity index (χ1n) is 24.5. The lowest BCUT2D eigenvalue weighted by Gasteiger charge is -2.48. The summed E-state index contributed by atoms with van der Waals surface area (Å²) in [6.07, 6.45) is 2.33. The van der Waals surface area contributed by atoms with E-state index < -0.39 is 0 Å². The van der Waals surface area contributed by atoms with E-state index in [4.69, 9.17) is 0 Å². The molecular weight excluding hydrogens is 796 g/mol. The van der Waals surface area contributed by atoms with Gasteiger partial charge in [0.2, 0.25) is 0 Å². The summed E-state index contributed by atoms with van der Waals surface area (Å²) in [5.74, 6) is 0. The summed E-state index contributed by atoms with van der Waals surface area (Å²) in [6.45, 7) is 33.5. The van der Waals surface area contributed by atoms with E-state index >= 15 is 0 Å². The van der Waals surface area contributed by atoms with Crippen molar-refractivity contribution in [1.29, 1.82) is 0 Å². The van der Waals surface area contributed by atoms with Crippen molar-refractivity contribution in [2.75, 3.05) is 9.80 Å². The van der Waals surface area contributed by atoms with Gasteiger partial charge in [-0.2, -0.15) is 0 Å². The van der Waals surface area contributed by atoms with Gasteiger partial charge in [0, 0.05) is 34.0 Å². The number of anilines is 6. The molecule has 0 N–H and O–H groups in total. The second-order valence-electron chi connectivity index (χ2n) is 24.2. The lowest BCUT2D eigenvalue weighted by atomic mass is 9.32. The van der Waals surface area contributed by atoms with E-state index in [1.165, 1.54) is 113 Å². The lowest BCUT2D eigenvalue weighted by Crippen LogP contribution is -2.62. The van der Waals surface area contributed by atoms with Crippen LogP contribution in [0.3, 0.4) is 0 Å². The van der Waals surface area contributed by atoms with Gasteiger partial charge in [-0.3, -0.25) is 0 Å². The smallest absolute Gasteiger partial charge is 0.252 e. The SMILES string of the molecule is Cc1cc(-c2ccccc2)ccc1N1c2ccc(C(C)(C)C)cc2B2c3cc4c(cc3N(c3ccc(C(C)(C)C)cc3-c3ccccc3)c3cc(C(C)(C)C)cc1c32)C(C)(C)CCC4(C)C. The van der Waals surface area contributed by atoms with E-state index in [2.05, 4.69) is 246 Å². The Hall–Kier alpha value is -5.80. The third kappa shape index (κ3) is 7.24. The van der Waals surface area contributed by atoms with E-state index in [-0.39, 0.29) is 33.8 Å². The first kappa shape index (κ1) is 44.1. The van der Waals surface area contributed by atoms with Gasteiger partial charge in [0.1, 0.15) is 0 Å². The minimum atomic E-state index is -0.124. The monoisotopic (exact) mass is 865 g/mol. The Morgan fingerprint density at radius 2 is 0.894 bits per heavy atom. The zero-order valence-corrected chi connectivity index (χ0v) is 42.2. The highest BCUT2D eigenvalue weighted by Gasteiger charge is 2.47. The van der Waals surface area contributed by atoms with Gasteiger partial charge < -0.3 is 9.80 Å². The van der Waals surface area contributed by atoms with Crippen molar-refractivity contribution in [3.05, 3.63) is 173 Å². The predicted octanol–water partition coefficient (Wildman–Crippen LogP) is 15.7. The third-order valence-electron chi connectivity index (χ3n) is 15.5. The van der Waals surface area contributed by atoms with E-state index in [9.17, 15) is 0 Å². The molecular formula is C63H69BN2. The summed E-state index contributed by atoms with van der Waals surface area (Å²) >= 11 is 0. The summed E-state index contributed by atoms with van der Waals surface area (Å²) in [5.41, 5.74) is 24.9. The maximum absolute atomic E-state index is 2.70. The largest absolute Gasteiger partial charge is 0.311 e. The first-order chi connectivity index (χ1) is 31.0. The summed E-state index contributed by atoms with van der Waals surface area (Å²) < 4.78 is 0. The van der Waals surface area contributed by atoms with Crippen LogP contribution < -0.4 is 26.2 Å². The van der Waals surface area contributed by atoms with Crippen LogP contribution in [0, 0.1) is 6.92 Å². The number of aryl methyl sites for hydroxylation is 1. The highest BCUT2D eigenvalue weighted by atomic mass is 15.2. The average molecular weight is 865 g/mol. The van der Waals surface area contributed by atoms with Crippen molar-refractivity contribution < 1.29 is 0 Å². The summed E-state index contributed by atoms with van der Waals surface area (Å²) in [5, 5.41) is 0. The minimum Gasteiger partial charge on any atom is -0.311 e. The summed E-state index contributed by atoms with van der Waals surface area (Å²) in [4.78, 5) is 5.33. The molecule has 0 spiro atoms. The number of benzene rings is 7. The molecule has 3 heteroatoms. The predicted molar refractivity (Wildman–Crippen MR) is 287 cm³/mol. The normalized spacial score (nSPS) is 16.1. The van der Waals surface area contributed by atoms with Crippen LogP contribution in [0.25, 0.3) is 22.3 Å². The molecule has 0 atom stereocenters. The fourth-order valence-electron chi connectivity index (χ4n) is 11.2. The van der Waals surface area contributed by atoms with Gasteiger partial charge in [-0.25, -0.2) is 0 Å². The molecule has 0 unspecified atom stereocenters. The Morgan fingerprint density at radius 3 is 1.45 bits per heavy atom. The van der Waals surface area contributed by atoms with Crippen LogP contribution in [0.15, 0.2) is 140 Å². The molecule has 1 aliphatic carbocycles. The third-order valence-corrected chi connectivity index (χ3v) is 15.5. The molecule has 0 amide bonds. The molecule has 3 aliphatic rings. The van der Waals surface area contributed by atoms with Gasteiger partial charge in [0.25, 0.3) is 6.71 Å². The Balaban J connectivity index is 1.36. The maximum Gasteiger partial charge on any atom is 0.252 e. The molecule has 0 aromatic heterocycles. The lowest BCUT2D eigenvalue weighted by molar-refractivity contribution is 0.332. The standard InChI is InChI=1S/C63H69BN2/c1-40-33-43(41-21-17-15-18-22-41)25-28-52(40)65-54-30-27-45(60(5,6)7)35-50(54)64-51-38-48-49(63(13,14)32-31-62(48,11)12)39-55(51)66(57-37-46(61(8,9)10)36-56(65)58(57)64)53-29-26-44(59(2,3)4)34-47(53)42-23-19-16-20-24-42/h15-30,33-39H,31-32H2,1-14H3. The van der Waals surface area contributed by atoms with Crippen molar-refractivity contribution in [2.24, 2.45) is 0 Å². The maximum atomic E-state index is 2.70. The Bertz CT molecular complexity index is 3040. The van der Waals surface area contributed by atoms with Gasteiger partial charge in [0.15, 0.2) is 0 Å². The van der Waals surface area contributed by atoms with Crippen molar-refractivity contribution in [3.8, 4) is 22.3 Å². The van der Waals surface area contributed by atoms with Crippen molar-refractivity contribution in [2.45, 2.75) is 137 Å². The molecule has 334 valence electrons. The van der Waals surface area contributed by atoms with E-state index in [1.54, 1.807) is 0 Å². The minimum absolute atomic E-state index is 0.0180. The summed E-state index contributed by atoms with van der Waals surface area (Å²) in [7, 11) is 0. The van der Waals surface area contributed by atoms with Gasteiger partial charge in [-0.1, -0.05) is 181 Å². The molecule has 0 saturated carbocycles. The van der Waals surface area contributed by atoms with Crippen LogP contribution in [-0.4, -0.2) is 6.71 Å². The molecule has 7 aromatic rings. The molecule has 0 bridgehead atoms. The molecule has 7 aromatic carbocycles. The topological polar surface area (TPSA) is 6.48 Å². The summed E-state index contributed by atoms with van der Waals surface area (Å²) in [6, 6.07) is 54.2. The van der Waals surface area contributed by atoms with Crippen LogP contribution in [0.2, 0.25) is 0 Å². The second kappa shape index (κ2) is 15.1. The number of fused-ring (bicyclic) bond motifs is 5. The molecule has 2 nitrogen and oxygen atoms in total. The molecule has 10 rings (SSSR count). The van der Waals surface area contributed by atoms with Crippen molar-refractivity contribution in [1.82, 2.24) is 0 Å². The number of hydrogen-bond donors (Lipinski definition) is 0. The quantitative estimate of drug-likeness (QED) is 0.163. The Kier molecular flexibility index (Phi) is 10.1. The van der Waals surface area contributed by atoms with Crippen molar-refractivity contribution >= 4 is 57.2 Å². The van der Waals surface area contributed by atoms with Crippen LogP contribution in [0.1, 0.15) is 136 Å². The van der Waals surface area contributed by atoms with Crippen LogP contribution in [-0.2, 0) is 27.1 Å². The van der Waals surface area contributed by atoms with Crippen LogP contribution >= 0.6 is 0 Å². The highest BCUT2D eigenvalue weighted by molar-refractivity contribution is 7.00. The second-order valence-corrected chi connectivity index (χ2v) is 24.2. The zero-order valence-electron chi connectivity index (χ0n) is 42.2. The number of hydrogen-bond acceptors (Lipinski definition) is 2. The number of nitrogens with zero attached hydrogens (tertiary/aromatic N) is 2. The molecule has 0 radical (unpaired) electrons. The molecule has 2 aliphatic heterocycles. The van der Waals surface area contributed by atoms with Crippen LogP contribution in [0.4, 0.5) is 34.1 Å². The Labute approximate surface area is 397 Å². The molecule has 66 heavy (non-hydrogen) atoms. The van der Waals surface area contributed by atoms with Gasteiger partial charge in [0.05, 0.1) is 5.69 Å². The van der Waals surface area contributed by atoms with E-state index in [0.717, 1.165) is 6.42 Å². The molecule has 2 heterocycles. The van der Waals surface area contributed by atoms with E-state index in [1.807, 2.05) is 0 Å². The Morgan fingerprint density at radius 1 is 0.409 bits per heavy atom. The highest BCUT2D eigenvalue weighted by Crippen LogP contribution is 2.53. The van der Waals surface area contributed by atoms with Gasteiger partial charge in [-0.05, 0) is 162 Å². The number of rotatable bonds is 4. The molecule has 0 saturated heterocycles. The fraction of sp³-hybridized carbons (Fsp3) is 0.333. The first-order valence-corrected chi connectivity index (χ1v) is 24.5. The zero-order chi connectivity index (χ0) is 46.9. The van der Waals surface area contributed by atoms with Gasteiger partial charge >= 0.3 is 0 Å². The van der Waals surface area contributed by atoms with Gasteiger partial charge in [-0.15, -0.1) is 0 Å². The van der Waals surface area contributed by atoms with E-state index in [0.29, 0.717) is 0 Å². The fourth-order valence-corrected chi connectivity index (χ4v) is 11.2. The van der Waals surface area contributed by atoms with Crippen molar-refractivity contribution in [3.63, 3.8) is 0 Å². The molecule has 0 fully saturated rings. The van der Waals surface area contributed by atoms with Crippen LogP contribution in [0.5, 0.6) is 0 Å². The average Bonchev–Trinajstić information content (AvgIpc) is 3.27.